The smallest absolute Gasteiger partial charge is 0.00783 e. The molecule has 0 radical (unpaired) electrons. The Labute approximate surface area is 176 Å². The molecule has 0 heterocycles. The Balaban J connectivity index is 1.12. The molecule has 28 heavy (non-hydrogen) atoms. The van der Waals surface area contributed by atoms with Gasteiger partial charge in [0.15, 0.2) is 0 Å². The second kappa shape index (κ2) is 10.0. The molecule has 0 saturated carbocycles. The van der Waals surface area contributed by atoms with Crippen molar-refractivity contribution in [2.75, 3.05) is 11.5 Å². The van der Waals surface area contributed by atoms with Gasteiger partial charge < -0.3 is 0 Å². The Hall–Kier alpha value is -1.90. The molecule has 4 aromatic rings. The molecule has 0 fully saturated rings. The van der Waals surface area contributed by atoms with Crippen LogP contribution in [0, 0.1) is 0 Å². The van der Waals surface area contributed by atoms with Gasteiger partial charge in [0.2, 0.25) is 0 Å². The summed E-state index contributed by atoms with van der Waals surface area (Å²) in [5.41, 5.74) is 0. The largest absolute Gasteiger partial charge is 0.126 e. The lowest BCUT2D eigenvalue weighted by molar-refractivity contribution is 0.711. The molecule has 0 unspecified atom stereocenters. The standard InChI is InChI=1S/C26H26S2/c1(7-17-27-25-15-13-21-9-3-5-11-23(21)19-25)2-8-18-28-26-16-14-22-10-4-6-12-24(22)20-26/h3-6,9-16,19-20H,1-2,7-8,17-18H2. The molecule has 0 aliphatic carbocycles. The van der Waals surface area contributed by atoms with E-state index in [1.807, 2.05) is 23.5 Å². The first kappa shape index (κ1) is 19.4. The molecule has 0 nitrogen and oxygen atoms in total. The van der Waals surface area contributed by atoms with Gasteiger partial charge in [0.05, 0.1) is 0 Å². The lowest BCUT2D eigenvalue weighted by Gasteiger charge is -2.05. The predicted molar refractivity (Wildman–Crippen MR) is 128 cm³/mol. The zero-order valence-electron chi connectivity index (χ0n) is 16.1. The average Bonchev–Trinajstić information content (AvgIpc) is 2.75. The quantitative estimate of drug-likeness (QED) is 0.203. The van der Waals surface area contributed by atoms with Crippen LogP contribution in [0.25, 0.3) is 21.5 Å². The number of rotatable bonds is 9. The van der Waals surface area contributed by atoms with E-state index in [4.69, 9.17) is 0 Å². The van der Waals surface area contributed by atoms with Crippen LogP contribution >= 0.6 is 23.5 Å². The molecular formula is C26H26S2. The number of benzene rings is 4. The molecule has 142 valence electrons. The van der Waals surface area contributed by atoms with E-state index in [0.29, 0.717) is 0 Å². The normalized spacial score (nSPS) is 11.3. The van der Waals surface area contributed by atoms with Crippen molar-refractivity contribution >= 4 is 45.1 Å². The van der Waals surface area contributed by atoms with Crippen molar-refractivity contribution in [3.8, 4) is 0 Å². The van der Waals surface area contributed by atoms with Gasteiger partial charge in [-0.1, -0.05) is 73.5 Å². The van der Waals surface area contributed by atoms with E-state index in [-0.39, 0.29) is 0 Å². The van der Waals surface area contributed by atoms with Crippen molar-refractivity contribution in [2.45, 2.75) is 35.5 Å². The van der Waals surface area contributed by atoms with Crippen LogP contribution in [0.15, 0.2) is 94.7 Å². The summed E-state index contributed by atoms with van der Waals surface area (Å²) in [5.74, 6) is 2.44. The summed E-state index contributed by atoms with van der Waals surface area (Å²) in [5, 5.41) is 5.35. The average molecular weight is 403 g/mol. The minimum absolute atomic E-state index is 1.22. The predicted octanol–water partition coefficient (Wildman–Crippen LogP) is 8.44. The molecular weight excluding hydrogens is 376 g/mol. The Morgan fingerprint density at radius 1 is 0.429 bits per heavy atom. The molecule has 0 N–H and O–H groups in total. The molecule has 0 aliphatic heterocycles. The van der Waals surface area contributed by atoms with Crippen molar-refractivity contribution in [1.29, 1.82) is 0 Å². The summed E-state index contributed by atoms with van der Waals surface area (Å²) in [4.78, 5) is 2.79. The van der Waals surface area contributed by atoms with Gasteiger partial charge in [-0.25, -0.2) is 0 Å². The first-order chi connectivity index (χ1) is 13.9. The maximum Gasteiger partial charge on any atom is 0.00783 e. The van der Waals surface area contributed by atoms with Crippen molar-refractivity contribution in [1.82, 2.24) is 0 Å². The van der Waals surface area contributed by atoms with E-state index in [2.05, 4.69) is 84.9 Å². The second-order valence-electron chi connectivity index (χ2n) is 7.13. The molecule has 0 bridgehead atoms. The summed E-state index contributed by atoms with van der Waals surface area (Å²) in [6, 6.07) is 30.8. The lowest BCUT2D eigenvalue weighted by Crippen LogP contribution is -1.85. The third kappa shape index (κ3) is 5.33. The van der Waals surface area contributed by atoms with Gasteiger partial charge >= 0.3 is 0 Å². The lowest BCUT2D eigenvalue weighted by atomic mass is 10.1. The number of hydrogen-bond donors (Lipinski definition) is 0. The third-order valence-electron chi connectivity index (χ3n) is 5.02. The number of thioether (sulfide) groups is 2. The van der Waals surface area contributed by atoms with Crippen molar-refractivity contribution in [3.63, 3.8) is 0 Å². The van der Waals surface area contributed by atoms with E-state index >= 15 is 0 Å². The van der Waals surface area contributed by atoms with Gasteiger partial charge in [-0.15, -0.1) is 23.5 Å². The number of hydrogen-bond acceptors (Lipinski definition) is 2. The van der Waals surface area contributed by atoms with Gasteiger partial charge in [0, 0.05) is 9.79 Å². The third-order valence-corrected chi connectivity index (χ3v) is 7.18. The minimum atomic E-state index is 1.22. The van der Waals surface area contributed by atoms with Crippen LogP contribution in [-0.4, -0.2) is 11.5 Å². The molecule has 0 aromatic heterocycles. The molecule has 4 rings (SSSR count). The molecule has 2 heteroatoms. The summed E-state index contributed by atoms with van der Waals surface area (Å²) in [7, 11) is 0. The second-order valence-corrected chi connectivity index (χ2v) is 9.47. The topological polar surface area (TPSA) is 0 Å². The highest BCUT2D eigenvalue weighted by Gasteiger charge is 1.99. The zero-order valence-corrected chi connectivity index (χ0v) is 17.8. The fourth-order valence-corrected chi connectivity index (χ4v) is 5.37. The molecule has 0 atom stereocenters. The van der Waals surface area contributed by atoms with E-state index in [1.54, 1.807) is 0 Å². The van der Waals surface area contributed by atoms with Crippen LogP contribution in [0.1, 0.15) is 25.7 Å². The monoisotopic (exact) mass is 402 g/mol. The van der Waals surface area contributed by atoms with Crippen LogP contribution in [0.4, 0.5) is 0 Å². The first-order valence-electron chi connectivity index (χ1n) is 10.1. The van der Waals surface area contributed by atoms with Crippen LogP contribution in [0.5, 0.6) is 0 Å². The van der Waals surface area contributed by atoms with Crippen LogP contribution in [0.3, 0.4) is 0 Å². The summed E-state index contributed by atoms with van der Waals surface area (Å²) < 4.78 is 0. The number of fused-ring (bicyclic) bond motifs is 2. The Bertz CT molecular complexity index is 953. The Kier molecular flexibility index (Phi) is 6.96. The highest BCUT2D eigenvalue weighted by molar-refractivity contribution is 7.99. The van der Waals surface area contributed by atoms with Gasteiger partial charge in [0.25, 0.3) is 0 Å². The Morgan fingerprint density at radius 3 is 1.32 bits per heavy atom. The van der Waals surface area contributed by atoms with E-state index in [0.717, 1.165) is 0 Å². The molecule has 0 aliphatic rings. The maximum atomic E-state index is 2.32. The first-order valence-corrected chi connectivity index (χ1v) is 12.1. The van der Waals surface area contributed by atoms with Crippen LogP contribution in [0.2, 0.25) is 0 Å². The molecule has 0 saturated heterocycles. The van der Waals surface area contributed by atoms with Crippen LogP contribution in [-0.2, 0) is 0 Å². The maximum absolute atomic E-state index is 2.32. The van der Waals surface area contributed by atoms with Gasteiger partial charge in [-0.2, -0.15) is 0 Å². The molecule has 4 aromatic carbocycles. The zero-order chi connectivity index (χ0) is 19.0. The van der Waals surface area contributed by atoms with E-state index < -0.39 is 0 Å². The summed E-state index contributed by atoms with van der Waals surface area (Å²) in [6.07, 6.45) is 5.27. The summed E-state index contributed by atoms with van der Waals surface area (Å²) >= 11 is 3.98. The molecule has 0 amide bonds. The van der Waals surface area contributed by atoms with Gasteiger partial charge in [-0.3, -0.25) is 0 Å². The highest BCUT2D eigenvalue weighted by atomic mass is 32.2. The number of unbranched alkanes of at least 4 members (excludes halogenated alkanes) is 3. The van der Waals surface area contributed by atoms with Gasteiger partial charge in [-0.05, 0) is 70.2 Å². The highest BCUT2D eigenvalue weighted by Crippen LogP contribution is 2.26. The minimum Gasteiger partial charge on any atom is -0.126 e. The van der Waals surface area contributed by atoms with Crippen LogP contribution < -0.4 is 0 Å². The van der Waals surface area contributed by atoms with Gasteiger partial charge in [0.1, 0.15) is 0 Å². The van der Waals surface area contributed by atoms with Crippen molar-refractivity contribution < 1.29 is 0 Å². The van der Waals surface area contributed by atoms with Crippen molar-refractivity contribution in [3.05, 3.63) is 84.9 Å². The van der Waals surface area contributed by atoms with Crippen molar-refractivity contribution in [2.24, 2.45) is 0 Å². The van der Waals surface area contributed by atoms with E-state index in [9.17, 15) is 0 Å². The fraction of sp³-hybridized carbons (Fsp3) is 0.231. The SMILES string of the molecule is c1ccc2cc(SCCCCCCSc3ccc4ccccc4c3)ccc2c1. The fourth-order valence-electron chi connectivity index (χ4n) is 3.45. The van der Waals surface area contributed by atoms with E-state index in [1.165, 1.54) is 68.5 Å². The summed E-state index contributed by atoms with van der Waals surface area (Å²) in [6.45, 7) is 0. The Morgan fingerprint density at radius 2 is 0.857 bits per heavy atom. The molecule has 0 spiro atoms.